The van der Waals surface area contributed by atoms with Gasteiger partial charge in [-0.05, 0) is 23.5 Å². The summed E-state index contributed by atoms with van der Waals surface area (Å²) >= 11 is 0. The Balaban J connectivity index is 2.33. The van der Waals surface area contributed by atoms with E-state index in [2.05, 4.69) is 35.9 Å². The summed E-state index contributed by atoms with van der Waals surface area (Å²) in [6.07, 6.45) is 2.60. The predicted molar refractivity (Wildman–Crippen MR) is 61.9 cm³/mol. The number of quaternary nitrogens is 1. The van der Waals surface area contributed by atoms with Crippen LogP contribution in [-0.2, 0) is 11.2 Å². The summed E-state index contributed by atoms with van der Waals surface area (Å²) in [5, 5.41) is 2.84. The minimum Gasteiger partial charge on any atom is -0.357 e. The number of nitrogens with zero attached hydrogens (tertiary/aromatic N) is 1. The molecule has 2 heterocycles. The van der Waals surface area contributed by atoms with Crippen LogP contribution in [0.5, 0.6) is 0 Å². The normalized spacial score (nSPS) is 19.5. The zero-order chi connectivity index (χ0) is 11.7. The average molecular weight is 220 g/mol. The first-order chi connectivity index (χ1) is 7.61. The maximum Gasteiger partial charge on any atom is 0.234 e. The van der Waals surface area contributed by atoms with Gasteiger partial charge in [-0.2, -0.15) is 0 Å². The molecule has 1 aromatic rings. The van der Waals surface area contributed by atoms with Crippen LogP contribution >= 0.6 is 0 Å². The number of nitrogens with one attached hydrogen (secondary N) is 1. The standard InChI is InChI=1S/C12H17N3O/c1-7(2)10-4-8-3-9(5-13)12(16)15-11(8)14-6-10/h4,6-7,9H,3,5,13H2,1-2H3,(H,14,15,16)/p+1. The Bertz CT molecular complexity index is 415. The Hall–Kier alpha value is -1.42. The van der Waals surface area contributed by atoms with Crippen LogP contribution in [0.1, 0.15) is 30.9 Å². The van der Waals surface area contributed by atoms with Gasteiger partial charge < -0.3 is 11.1 Å². The molecule has 0 bridgehead atoms. The number of carbonyl (C=O) groups is 1. The number of hydrogen-bond acceptors (Lipinski definition) is 2. The van der Waals surface area contributed by atoms with Gasteiger partial charge in [-0.1, -0.05) is 19.9 Å². The lowest BCUT2D eigenvalue weighted by atomic mass is 9.93. The first kappa shape index (κ1) is 11.1. The molecule has 0 aliphatic carbocycles. The van der Waals surface area contributed by atoms with Crippen molar-refractivity contribution >= 4 is 11.7 Å². The van der Waals surface area contributed by atoms with Crippen molar-refractivity contribution in [2.75, 3.05) is 11.9 Å². The molecule has 0 radical (unpaired) electrons. The molecule has 0 saturated carbocycles. The SMILES string of the molecule is CC(C)c1cnc2c(c1)CC(C[NH3+])C(=O)N2. The Labute approximate surface area is 95.3 Å². The molecule has 1 atom stereocenters. The van der Waals surface area contributed by atoms with Crippen molar-refractivity contribution in [1.29, 1.82) is 0 Å². The van der Waals surface area contributed by atoms with E-state index in [4.69, 9.17) is 0 Å². The molecule has 1 aromatic heterocycles. The third kappa shape index (κ3) is 1.93. The summed E-state index contributed by atoms with van der Waals surface area (Å²) in [6.45, 7) is 4.92. The molecule has 0 fully saturated rings. The Morgan fingerprint density at radius 2 is 2.38 bits per heavy atom. The van der Waals surface area contributed by atoms with Crippen LogP contribution in [0.15, 0.2) is 12.3 Å². The van der Waals surface area contributed by atoms with E-state index in [0.29, 0.717) is 12.5 Å². The van der Waals surface area contributed by atoms with Gasteiger partial charge in [0.2, 0.25) is 5.91 Å². The molecule has 1 aliphatic rings. The fourth-order valence-electron chi connectivity index (χ4n) is 1.92. The number of anilines is 1. The molecule has 4 heteroatoms. The molecule has 1 unspecified atom stereocenters. The summed E-state index contributed by atoms with van der Waals surface area (Å²) in [7, 11) is 0. The summed E-state index contributed by atoms with van der Waals surface area (Å²) < 4.78 is 0. The largest absolute Gasteiger partial charge is 0.357 e. The summed E-state index contributed by atoms with van der Waals surface area (Å²) in [5.74, 6) is 1.23. The predicted octanol–water partition coefficient (Wildman–Crippen LogP) is 0.558. The van der Waals surface area contributed by atoms with Crippen LogP contribution in [-0.4, -0.2) is 17.4 Å². The van der Waals surface area contributed by atoms with Gasteiger partial charge >= 0.3 is 0 Å². The van der Waals surface area contributed by atoms with Crippen LogP contribution in [0.25, 0.3) is 0 Å². The van der Waals surface area contributed by atoms with Crippen molar-refractivity contribution in [2.45, 2.75) is 26.2 Å². The van der Waals surface area contributed by atoms with Gasteiger partial charge in [0.25, 0.3) is 0 Å². The maximum absolute atomic E-state index is 11.6. The maximum atomic E-state index is 11.6. The van der Waals surface area contributed by atoms with Gasteiger partial charge in [0.15, 0.2) is 0 Å². The lowest BCUT2D eigenvalue weighted by molar-refractivity contribution is -0.375. The molecule has 2 rings (SSSR count). The number of pyridine rings is 1. The number of carbonyl (C=O) groups excluding carboxylic acids is 1. The number of amides is 1. The molecule has 1 aliphatic heterocycles. The van der Waals surface area contributed by atoms with E-state index in [-0.39, 0.29) is 11.8 Å². The Morgan fingerprint density at radius 3 is 3.00 bits per heavy atom. The van der Waals surface area contributed by atoms with E-state index in [1.807, 2.05) is 6.20 Å². The van der Waals surface area contributed by atoms with Crippen molar-refractivity contribution in [1.82, 2.24) is 4.98 Å². The minimum absolute atomic E-state index is 0.00304. The van der Waals surface area contributed by atoms with E-state index in [1.54, 1.807) is 0 Å². The molecular formula is C12H18N3O+. The highest BCUT2D eigenvalue weighted by atomic mass is 16.2. The zero-order valence-electron chi connectivity index (χ0n) is 9.79. The highest BCUT2D eigenvalue weighted by Crippen LogP contribution is 2.26. The zero-order valence-corrected chi connectivity index (χ0v) is 9.79. The molecule has 16 heavy (non-hydrogen) atoms. The Morgan fingerprint density at radius 1 is 1.62 bits per heavy atom. The summed E-state index contributed by atoms with van der Waals surface area (Å²) in [4.78, 5) is 15.9. The molecule has 0 spiro atoms. The van der Waals surface area contributed by atoms with Gasteiger partial charge in [0.05, 0.1) is 12.5 Å². The highest BCUT2D eigenvalue weighted by molar-refractivity contribution is 5.94. The number of hydrogen-bond donors (Lipinski definition) is 2. The van der Waals surface area contributed by atoms with E-state index in [9.17, 15) is 4.79 Å². The van der Waals surface area contributed by atoms with Gasteiger partial charge in [-0.3, -0.25) is 4.79 Å². The monoisotopic (exact) mass is 220 g/mol. The molecule has 0 saturated heterocycles. The third-order valence-corrected chi connectivity index (χ3v) is 3.08. The minimum atomic E-state index is -0.00304. The second kappa shape index (κ2) is 4.22. The van der Waals surface area contributed by atoms with E-state index >= 15 is 0 Å². The van der Waals surface area contributed by atoms with E-state index < -0.39 is 0 Å². The van der Waals surface area contributed by atoms with Gasteiger partial charge in [0.1, 0.15) is 5.82 Å². The third-order valence-electron chi connectivity index (χ3n) is 3.08. The number of rotatable bonds is 2. The lowest BCUT2D eigenvalue weighted by Gasteiger charge is -2.22. The Kier molecular flexibility index (Phi) is 2.92. The van der Waals surface area contributed by atoms with Gasteiger partial charge in [0, 0.05) is 6.20 Å². The van der Waals surface area contributed by atoms with Crippen LogP contribution in [0.3, 0.4) is 0 Å². The molecule has 0 aromatic carbocycles. The van der Waals surface area contributed by atoms with Crippen molar-refractivity contribution in [3.05, 3.63) is 23.4 Å². The first-order valence-corrected chi connectivity index (χ1v) is 5.70. The number of fused-ring (bicyclic) bond motifs is 1. The number of aromatic nitrogens is 1. The molecule has 86 valence electrons. The fourth-order valence-corrected chi connectivity index (χ4v) is 1.92. The fraction of sp³-hybridized carbons (Fsp3) is 0.500. The smallest absolute Gasteiger partial charge is 0.234 e. The van der Waals surface area contributed by atoms with Crippen molar-refractivity contribution in [2.24, 2.45) is 5.92 Å². The average Bonchev–Trinajstić information content (AvgIpc) is 2.27. The summed E-state index contributed by atoms with van der Waals surface area (Å²) in [5.41, 5.74) is 6.17. The quantitative estimate of drug-likeness (QED) is 0.764. The van der Waals surface area contributed by atoms with Crippen molar-refractivity contribution in [3.8, 4) is 0 Å². The lowest BCUT2D eigenvalue weighted by Crippen LogP contribution is -2.57. The van der Waals surface area contributed by atoms with Crippen molar-refractivity contribution < 1.29 is 10.5 Å². The molecule has 1 amide bonds. The topological polar surface area (TPSA) is 69.6 Å². The van der Waals surface area contributed by atoms with E-state index in [1.165, 1.54) is 5.56 Å². The van der Waals surface area contributed by atoms with Crippen LogP contribution in [0, 0.1) is 5.92 Å². The molecular weight excluding hydrogens is 202 g/mol. The second-order valence-corrected chi connectivity index (χ2v) is 4.61. The van der Waals surface area contributed by atoms with Gasteiger partial charge in [-0.15, -0.1) is 0 Å². The van der Waals surface area contributed by atoms with Crippen LogP contribution < -0.4 is 11.1 Å². The van der Waals surface area contributed by atoms with Crippen molar-refractivity contribution in [3.63, 3.8) is 0 Å². The van der Waals surface area contributed by atoms with Crippen LogP contribution in [0.4, 0.5) is 5.82 Å². The summed E-state index contributed by atoms with van der Waals surface area (Å²) in [6, 6.07) is 2.15. The first-order valence-electron chi connectivity index (χ1n) is 5.70. The highest BCUT2D eigenvalue weighted by Gasteiger charge is 2.27. The second-order valence-electron chi connectivity index (χ2n) is 4.61. The van der Waals surface area contributed by atoms with Crippen LogP contribution in [0.2, 0.25) is 0 Å². The molecule has 4 N–H and O–H groups in total. The van der Waals surface area contributed by atoms with E-state index in [0.717, 1.165) is 17.8 Å². The van der Waals surface area contributed by atoms with Gasteiger partial charge in [-0.25, -0.2) is 4.98 Å². The molecule has 4 nitrogen and oxygen atoms in total.